The normalized spacial score (nSPS) is 11.0. The van der Waals surface area contributed by atoms with Crippen LogP contribution in [-0.2, 0) is 11.2 Å². The minimum Gasteiger partial charge on any atom is -0.353 e. The Morgan fingerprint density at radius 1 is 1.33 bits per heavy atom. The molecule has 0 spiro atoms. The maximum atomic E-state index is 11.6. The number of hydrogen-bond acceptors (Lipinski definition) is 3. The van der Waals surface area contributed by atoms with Gasteiger partial charge in [-0.3, -0.25) is 9.89 Å². The summed E-state index contributed by atoms with van der Waals surface area (Å²) in [6, 6.07) is 5.19. The van der Waals surface area contributed by atoms with E-state index in [0.29, 0.717) is 16.6 Å². The van der Waals surface area contributed by atoms with E-state index in [1.807, 2.05) is 0 Å². The smallest absolute Gasteiger partial charge is 0.243 e. The number of amides is 1. The van der Waals surface area contributed by atoms with Crippen molar-refractivity contribution >= 4 is 35.2 Å². The maximum absolute atomic E-state index is 11.6. The molecular weight excluding hydrogens is 311 g/mol. The lowest BCUT2D eigenvalue weighted by atomic mass is 10.2. The number of carbonyl (C=O) groups is 1. The summed E-state index contributed by atoms with van der Waals surface area (Å²) >= 11 is 11.7. The van der Waals surface area contributed by atoms with Crippen LogP contribution in [0.5, 0.6) is 0 Å². The van der Waals surface area contributed by atoms with E-state index < -0.39 is 0 Å². The lowest BCUT2D eigenvalue weighted by Crippen LogP contribution is -2.22. The van der Waals surface area contributed by atoms with Crippen LogP contribution < -0.4 is 5.32 Å². The lowest BCUT2D eigenvalue weighted by molar-refractivity contribution is -0.116. The first kappa shape index (κ1) is 15.5. The summed E-state index contributed by atoms with van der Waals surface area (Å²) < 4.78 is 0. The fraction of sp³-hybridized carbons (Fsp3) is 0.214. The number of aromatic nitrogens is 3. The van der Waals surface area contributed by atoms with Crippen LogP contribution in [0.3, 0.4) is 0 Å². The van der Waals surface area contributed by atoms with Crippen molar-refractivity contribution in [1.82, 2.24) is 20.5 Å². The van der Waals surface area contributed by atoms with E-state index in [2.05, 4.69) is 20.5 Å². The zero-order valence-corrected chi connectivity index (χ0v) is 12.7. The summed E-state index contributed by atoms with van der Waals surface area (Å²) in [7, 11) is 0. The molecule has 0 unspecified atom stereocenters. The van der Waals surface area contributed by atoms with Crippen molar-refractivity contribution in [2.45, 2.75) is 12.8 Å². The summed E-state index contributed by atoms with van der Waals surface area (Å²) in [5.74, 6) is 0.661. The second-order valence-electron chi connectivity index (χ2n) is 4.33. The third-order valence-corrected chi connectivity index (χ3v) is 3.46. The molecule has 0 fully saturated rings. The Hall–Kier alpha value is -1.85. The molecule has 0 bridgehead atoms. The van der Waals surface area contributed by atoms with E-state index in [4.69, 9.17) is 23.2 Å². The molecule has 2 aromatic rings. The topological polar surface area (TPSA) is 70.7 Å². The van der Waals surface area contributed by atoms with Gasteiger partial charge in [0.1, 0.15) is 12.2 Å². The van der Waals surface area contributed by atoms with Crippen LogP contribution in [0.25, 0.3) is 6.08 Å². The van der Waals surface area contributed by atoms with Crippen molar-refractivity contribution in [3.05, 3.63) is 52.0 Å². The monoisotopic (exact) mass is 324 g/mol. The second-order valence-corrected chi connectivity index (χ2v) is 5.15. The van der Waals surface area contributed by atoms with Gasteiger partial charge in [-0.1, -0.05) is 29.3 Å². The molecule has 21 heavy (non-hydrogen) atoms. The Bertz CT molecular complexity index is 626. The van der Waals surface area contributed by atoms with Crippen LogP contribution in [0.4, 0.5) is 0 Å². The zero-order chi connectivity index (χ0) is 15.1. The Balaban J connectivity index is 1.73. The van der Waals surface area contributed by atoms with Crippen LogP contribution >= 0.6 is 23.2 Å². The number of nitrogens with zero attached hydrogens (tertiary/aromatic N) is 2. The number of H-pyrrole nitrogens is 1. The molecule has 2 rings (SSSR count). The summed E-state index contributed by atoms with van der Waals surface area (Å²) in [6.45, 7) is 0.575. The first-order chi connectivity index (χ1) is 10.1. The molecule has 0 saturated heterocycles. The summed E-state index contributed by atoms with van der Waals surface area (Å²) in [4.78, 5) is 15.6. The van der Waals surface area contributed by atoms with Gasteiger partial charge in [0, 0.05) is 19.0 Å². The Kier molecular flexibility index (Phi) is 5.78. The first-order valence-corrected chi connectivity index (χ1v) is 7.16. The minimum atomic E-state index is -0.154. The standard InChI is InChI=1S/C14H14Cl2N4O/c15-11-5-3-10(8-12(11)16)4-6-14(21)17-7-1-2-13-18-9-19-20-13/h3-6,8-9H,1-2,7H2,(H,17,21)(H,18,19,20). The predicted octanol–water partition coefficient (Wildman–Crippen LogP) is 2.87. The number of rotatable bonds is 6. The van der Waals surface area contributed by atoms with E-state index in [1.165, 1.54) is 12.4 Å². The van der Waals surface area contributed by atoms with Gasteiger partial charge >= 0.3 is 0 Å². The van der Waals surface area contributed by atoms with Gasteiger partial charge in [0.05, 0.1) is 10.0 Å². The van der Waals surface area contributed by atoms with Crippen molar-refractivity contribution in [3.63, 3.8) is 0 Å². The van der Waals surface area contributed by atoms with E-state index >= 15 is 0 Å². The molecular formula is C14H14Cl2N4O. The van der Waals surface area contributed by atoms with E-state index in [0.717, 1.165) is 24.2 Å². The van der Waals surface area contributed by atoms with Crippen molar-refractivity contribution < 1.29 is 4.79 Å². The number of nitrogens with one attached hydrogen (secondary N) is 2. The Morgan fingerprint density at radius 3 is 2.90 bits per heavy atom. The van der Waals surface area contributed by atoms with Gasteiger partial charge in [-0.2, -0.15) is 5.10 Å². The molecule has 5 nitrogen and oxygen atoms in total. The number of aryl methyl sites for hydroxylation is 1. The number of halogens is 2. The molecule has 2 N–H and O–H groups in total. The van der Waals surface area contributed by atoms with Gasteiger partial charge in [0.2, 0.25) is 5.91 Å². The third kappa shape index (κ3) is 5.21. The SMILES string of the molecule is O=C(C=Cc1ccc(Cl)c(Cl)c1)NCCCc1ncn[nH]1. The van der Waals surface area contributed by atoms with Crippen LogP contribution in [0.1, 0.15) is 17.8 Å². The van der Waals surface area contributed by atoms with Crippen molar-refractivity contribution in [3.8, 4) is 0 Å². The summed E-state index contributed by atoms with van der Waals surface area (Å²) in [5.41, 5.74) is 0.821. The third-order valence-electron chi connectivity index (χ3n) is 2.73. The molecule has 110 valence electrons. The van der Waals surface area contributed by atoms with E-state index in [-0.39, 0.29) is 5.91 Å². The second kappa shape index (κ2) is 7.81. The Labute approximate surface area is 132 Å². The van der Waals surface area contributed by atoms with Crippen LogP contribution in [-0.4, -0.2) is 27.6 Å². The van der Waals surface area contributed by atoms with Crippen LogP contribution in [0.15, 0.2) is 30.6 Å². The Morgan fingerprint density at radius 2 is 2.19 bits per heavy atom. The molecule has 1 aromatic carbocycles. The molecule has 0 radical (unpaired) electrons. The first-order valence-electron chi connectivity index (χ1n) is 6.40. The molecule has 0 saturated carbocycles. The number of carbonyl (C=O) groups excluding carboxylic acids is 1. The van der Waals surface area contributed by atoms with Gasteiger partial charge in [-0.05, 0) is 30.2 Å². The van der Waals surface area contributed by atoms with Gasteiger partial charge < -0.3 is 5.32 Å². The molecule has 7 heteroatoms. The predicted molar refractivity (Wildman–Crippen MR) is 83.2 cm³/mol. The lowest BCUT2D eigenvalue weighted by Gasteiger charge is -2.01. The minimum absolute atomic E-state index is 0.154. The van der Waals surface area contributed by atoms with Crippen LogP contribution in [0, 0.1) is 0 Å². The average molecular weight is 325 g/mol. The van der Waals surface area contributed by atoms with Gasteiger partial charge in [0.15, 0.2) is 0 Å². The van der Waals surface area contributed by atoms with Crippen molar-refractivity contribution in [1.29, 1.82) is 0 Å². The highest BCUT2D eigenvalue weighted by Crippen LogP contribution is 2.22. The highest BCUT2D eigenvalue weighted by atomic mass is 35.5. The van der Waals surface area contributed by atoms with E-state index in [1.54, 1.807) is 24.3 Å². The average Bonchev–Trinajstić information content (AvgIpc) is 2.98. The molecule has 0 atom stereocenters. The van der Waals surface area contributed by atoms with Gasteiger partial charge in [0.25, 0.3) is 0 Å². The molecule has 0 aliphatic carbocycles. The molecule has 1 aromatic heterocycles. The van der Waals surface area contributed by atoms with Gasteiger partial charge in [-0.25, -0.2) is 4.98 Å². The molecule has 0 aliphatic heterocycles. The fourth-order valence-electron chi connectivity index (χ4n) is 1.67. The van der Waals surface area contributed by atoms with E-state index in [9.17, 15) is 4.79 Å². The fourth-order valence-corrected chi connectivity index (χ4v) is 1.97. The quantitative estimate of drug-likeness (QED) is 0.634. The number of hydrogen-bond donors (Lipinski definition) is 2. The molecule has 1 heterocycles. The molecule has 1 amide bonds. The number of aromatic amines is 1. The van der Waals surface area contributed by atoms with Crippen molar-refractivity contribution in [2.75, 3.05) is 6.54 Å². The highest BCUT2D eigenvalue weighted by molar-refractivity contribution is 6.42. The van der Waals surface area contributed by atoms with Crippen molar-refractivity contribution in [2.24, 2.45) is 0 Å². The number of benzene rings is 1. The largest absolute Gasteiger partial charge is 0.353 e. The molecule has 0 aliphatic rings. The summed E-state index contributed by atoms with van der Waals surface area (Å²) in [6.07, 6.45) is 6.16. The maximum Gasteiger partial charge on any atom is 0.243 e. The highest BCUT2D eigenvalue weighted by Gasteiger charge is 1.99. The van der Waals surface area contributed by atoms with Gasteiger partial charge in [-0.15, -0.1) is 0 Å². The summed E-state index contributed by atoms with van der Waals surface area (Å²) in [5, 5.41) is 10.3. The zero-order valence-electron chi connectivity index (χ0n) is 11.1. The van der Waals surface area contributed by atoms with Crippen LogP contribution in [0.2, 0.25) is 10.0 Å².